The van der Waals surface area contributed by atoms with E-state index in [9.17, 15) is 8.42 Å². The Morgan fingerprint density at radius 3 is 3.06 bits per heavy atom. The highest BCUT2D eigenvalue weighted by atomic mass is 32.2. The topological polar surface area (TPSA) is 62.3 Å². The lowest BCUT2D eigenvalue weighted by molar-refractivity contribution is 0.597. The van der Waals surface area contributed by atoms with Gasteiger partial charge in [-0.1, -0.05) is 0 Å². The van der Waals surface area contributed by atoms with Gasteiger partial charge >= 0.3 is 0 Å². The number of thiazole rings is 1. The number of hydrogen-bond donors (Lipinski definition) is 1. The lowest BCUT2D eigenvalue weighted by atomic mass is 10.4. The van der Waals surface area contributed by atoms with E-state index in [1.54, 1.807) is 11.3 Å². The minimum atomic E-state index is -2.84. The van der Waals surface area contributed by atoms with Gasteiger partial charge in [0.1, 0.15) is 0 Å². The van der Waals surface area contributed by atoms with Crippen LogP contribution in [0, 0.1) is 0 Å². The summed E-state index contributed by atoms with van der Waals surface area (Å²) in [4.78, 5) is 6.58. The van der Waals surface area contributed by atoms with Crippen LogP contribution in [0.1, 0.15) is 12.1 Å². The summed E-state index contributed by atoms with van der Waals surface area (Å²) in [5.41, 5.74) is 1.01. The zero-order chi connectivity index (χ0) is 12.3. The van der Waals surface area contributed by atoms with E-state index in [0.29, 0.717) is 18.7 Å². The molecule has 0 saturated carbocycles. The SMILES string of the molecule is CNCc1csc(N2CCCS(=O)(=O)CC2)n1. The van der Waals surface area contributed by atoms with Crippen LogP contribution < -0.4 is 10.2 Å². The van der Waals surface area contributed by atoms with Gasteiger partial charge in [0.2, 0.25) is 0 Å². The van der Waals surface area contributed by atoms with E-state index in [2.05, 4.69) is 15.2 Å². The molecule has 2 heterocycles. The first kappa shape index (κ1) is 12.8. The highest BCUT2D eigenvalue weighted by molar-refractivity contribution is 7.91. The molecule has 0 amide bonds. The second-order valence-corrected chi connectivity index (χ2v) is 7.28. The summed E-state index contributed by atoms with van der Waals surface area (Å²) in [5, 5.41) is 6.01. The Kier molecular flexibility index (Phi) is 4.01. The maximum absolute atomic E-state index is 11.5. The summed E-state index contributed by atoms with van der Waals surface area (Å²) in [5.74, 6) is 0.548. The van der Waals surface area contributed by atoms with Crippen molar-refractivity contribution in [1.29, 1.82) is 0 Å². The van der Waals surface area contributed by atoms with Gasteiger partial charge in [-0.2, -0.15) is 0 Å². The molecular formula is C10H17N3O2S2. The maximum Gasteiger partial charge on any atom is 0.185 e. The molecule has 1 fully saturated rings. The first-order chi connectivity index (χ1) is 8.11. The molecule has 0 radical (unpaired) electrons. The van der Waals surface area contributed by atoms with Gasteiger partial charge in [0.15, 0.2) is 15.0 Å². The summed E-state index contributed by atoms with van der Waals surface area (Å²) < 4.78 is 23.0. The average molecular weight is 275 g/mol. The number of hydrogen-bond acceptors (Lipinski definition) is 6. The van der Waals surface area contributed by atoms with Crippen molar-refractivity contribution in [3.05, 3.63) is 11.1 Å². The normalized spacial score (nSPS) is 20.2. The second kappa shape index (κ2) is 5.32. The largest absolute Gasteiger partial charge is 0.347 e. The molecule has 0 aliphatic carbocycles. The molecule has 0 spiro atoms. The molecule has 1 N–H and O–H groups in total. The zero-order valence-electron chi connectivity index (χ0n) is 9.85. The van der Waals surface area contributed by atoms with E-state index < -0.39 is 9.84 Å². The van der Waals surface area contributed by atoms with Gasteiger partial charge in [0, 0.05) is 25.0 Å². The van der Waals surface area contributed by atoms with Crippen molar-refractivity contribution in [2.24, 2.45) is 0 Å². The monoisotopic (exact) mass is 275 g/mol. The summed E-state index contributed by atoms with van der Waals surface area (Å²) in [6.45, 7) is 2.10. The van der Waals surface area contributed by atoms with Crippen molar-refractivity contribution >= 4 is 26.3 Å². The van der Waals surface area contributed by atoms with Crippen LogP contribution in [-0.2, 0) is 16.4 Å². The van der Waals surface area contributed by atoms with Crippen molar-refractivity contribution in [2.75, 3.05) is 36.5 Å². The van der Waals surface area contributed by atoms with Gasteiger partial charge in [0.25, 0.3) is 0 Å². The molecule has 96 valence electrons. The highest BCUT2D eigenvalue weighted by Crippen LogP contribution is 2.22. The number of nitrogens with zero attached hydrogens (tertiary/aromatic N) is 2. The van der Waals surface area contributed by atoms with Crippen molar-refractivity contribution in [3.63, 3.8) is 0 Å². The fourth-order valence-corrected chi connectivity index (χ4v) is 3.98. The second-order valence-electron chi connectivity index (χ2n) is 4.14. The summed E-state index contributed by atoms with van der Waals surface area (Å²) in [7, 11) is -0.954. The Hall–Kier alpha value is -0.660. The van der Waals surface area contributed by atoms with Crippen LogP contribution in [0.5, 0.6) is 0 Å². The molecule has 2 rings (SSSR count). The minimum absolute atomic E-state index is 0.244. The van der Waals surface area contributed by atoms with Gasteiger partial charge in [-0.3, -0.25) is 0 Å². The number of anilines is 1. The van der Waals surface area contributed by atoms with Gasteiger partial charge in [0.05, 0.1) is 17.2 Å². The molecule has 0 aromatic carbocycles. The molecule has 17 heavy (non-hydrogen) atoms. The lowest BCUT2D eigenvalue weighted by Crippen LogP contribution is -2.26. The van der Waals surface area contributed by atoms with Gasteiger partial charge in [-0.15, -0.1) is 11.3 Å². The Morgan fingerprint density at radius 1 is 1.47 bits per heavy atom. The predicted molar refractivity (Wildman–Crippen MR) is 70.4 cm³/mol. The first-order valence-corrected chi connectivity index (χ1v) is 8.35. The molecule has 0 atom stereocenters. The van der Waals surface area contributed by atoms with Gasteiger partial charge in [-0.05, 0) is 13.5 Å². The molecule has 1 aromatic heterocycles. The van der Waals surface area contributed by atoms with Crippen LogP contribution in [0.3, 0.4) is 0 Å². The van der Waals surface area contributed by atoms with Crippen molar-refractivity contribution in [3.8, 4) is 0 Å². The van der Waals surface area contributed by atoms with E-state index in [-0.39, 0.29) is 5.75 Å². The molecular weight excluding hydrogens is 258 g/mol. The van der Waals surface area contributed by atoms with Crippen LogP contribution in [0.4, 0.5) is 5.13 Å². The Labute approximate surface area is 106 Å². The van der Waals surface area contributed by atoms with Crippen molar-refractivity contribution in [2.45, 2.75) is 13.0 Å². The lowest BCUT2D eigenvalue weighted by Gasteiger charge is -2.17. The van der Waals surface area contributed by atoms with Crippen LogP contribution in [0.2, 0.25) is 0 Å². The molecule has 7 heteroatoms. The minimum Gasteiger partial charge on any atom is -0.347 e. The Balaban J connectivity index is 2.06. The zero-order valence-corrected chi connectivity index (χ0v) is 11.5. The van der Waals surface area contributed by atoms with E-state index in [1.165, 1.54) is 0 Å². The third-order valence-corrected chi connectivity index (χ3v) is 5.39. The average Bonchev–Trinajstić information content (AvgIpc) is 2.64. The molecule has 0 unspecified atom stereocenters. The third kappa shape index (κ3) is 3.40. The fraction of sp³-hybridized carbons (Fsp3) is 0.700. The molecule has 1 aromatic rings. The Morgan fingerprint density at radius 2 is 2.29 bits per heavy atom. The van der Waals surface area contributed by atoms with Crippen LogP contribution >= 0.6 is 11.3 Å². The molecule has 1 aliphatic heterocycles. The van der Waals surface area contributed by atoms with Gasteiger partial charge in [-0.25, -0.2) is 13.4 Å². The van der Waals surface area contributed by atoms with E-state index >= 15 is 0 Å². The van der Waals surface area contributed by atoms with E-state index in [0.717, 1.165) is 23.9 Å². The van der Waals surface area contributed by atoms with Crippen LogP contribution in [0.15, 0.2) is 5.38 Å². The summed E-state index contributed by atoms with van der Waals surface area (Å²) >= 11 is 1.59. The summed E-state index contributed by atoms with van der Waals surface area (Å²) in [6.07, 6.45) is 0.698. The Bertz CT molecular complexity index is 470. The fourth-order valence-electron chi connectivity index (χ4n) is 1.83. The molecule has 0 bridgehead atoms. The van der Waals surface area contributed by atoms with E-state index in [1.807, 2.05) is 12.4 Å². The van der Waals surface area contributed by atoms with Crippen LogP contribution in [-0.4, -0.2) is 45.0 Å². The number of sulfone groups is 1. The molecule has 1 aliphatic rings. The smallest absolute Gasteiger partial charge is 0.185 e. The maximum atomic E-state index is 11.5. The highest BCUT2D eigenvalue weighted by Gasteiger charge is 2.20. The van der Waals surface area contributed by atoms with Gasteiger partial charge < -0.3 is 10.2 Å². The van der Waals surface area contributed by atoms with E-state index in [4.69, 9.17) is 0 Å². The predicted octanol–water partition coefficient (Wildman–Crippen LogP) is 0.487. The van der Waals surface area contributed by atoms with Crippen molar-refractivity contribution < 1.29 is 8.42 Å². The quantitative estimate of drug-likeness (QED) is 0.870. The molecule has 5 nitrogen and oxygen atoms in total. The first-order valence-electron chi connectivity index (χ1n) is 5.65. The molecule has 1 saturated heterocycles. The third-order valence-electron chi connectivity index (χ3n) is 2.72. The standard InChI is InChI=1S/C10H17N3O2S2/c1-11-7-9-8-16-10(12-9)13-3-2-5-17(14,15)6-4-13/h8,11H,2-7H2,1H3. The number of nitrogens with one attached hydrogen (secondary N) is 1. The van der Waals surface area contributed by atoms with Crippen molar-refractivity contribution in [1.82, 2.24) is 10.3 Å². The number of rotatable bonds is 3. The number of aromatic nitrogens is 1. The summed E-state index contributed by atoms with van der Waals surface area (Å²) in [6, 6.07) is 0. The van der Waals surface area contributed by atoms with Crippen LogP contribution in [0.25, 0.3) is 0 Å².